The topological polar surface area (TPSA) is 84.5 Å². The molecule has 28 heavy (non-hydrogen) atoms. The van der Waals surface area contributed by atoms with Crippen molar-refractivity contribution >= 4 is 17.8 Å². The molecule has 0 radical (unpaired) electrons. The van der Waals surface area contributed by atoms with E-state index < -0.39 is 12.1 Å². The van der Waals surface area contributed by atoms with E-state index in [1.165, 1.54) is 6.42 Å². The molecule has 1 aliphatic rings. The molecule has 1 aromatic rings. The second-order valence-electron chi connectivity index (χ2n) is 8.00. The van der Waals surface area contributed by atoms with Crippen LogP contribution in [-0.2, 0) is 14.3 Å². The number of benzene rings is 1. The van der Waals surface area contributed by atoms with E-state index in [9.17, 15) is 14.4 Å². The Hall–Kier alpha value is -2.37. The second kappa shape index (κ2) is 9.71. The predicted octanol–water partition coefficient (Wildman–Crippen LogP) is 2.91. The van der Waals surface area contributed by atoms with Crippen molar-refractivity contribution in [1.82, 2.24) is 10.6 Å². The fourth-order valence-electron chi connectivity index (χ4n) is 3.52. The number of esters is 1. The summed E-state index contributed by atoms with van der Waals surface area (Å²) in [5, 5.41) is 5.54. The van der Waals surface area contributed by atoms with Crippen LogP contribution in [0.4, 0.5) is 0 Å². The molecule has 6 heteroatoms. The summed E-state index contributed by atoms with van der Waals surface area (Å²) in [6.07, 6.45) is 2.33. The number of nitrogens with one attached hydrogen (secondary N) is 2. The summed E-state index contributed by atoms with van der Waals surface area (Å²) >= 11 is 0. The third-order valence-electron chi connectivity index (χ3n) is 5.87. The fraction of sp³-hybridized carbons (Fsp3) is 0.591. The molecule has 1 fully saturated rings. The van der Waals surface area contributed by atoms with Crippen molar-refractivity contribution in [1.29, 1.82) is 0 Å². The van der Waals surface area contributed by atoms with Crippen LogP contribution in [-0.4, -0.2) is 36.5 Å². The highest BCUT2D eigenvalue weighted by Gasteiger charge is 2.30. The van der Waals surface area contributed by atoms with E-state index in [1.807, 2.05) is 19.9 Å². The zero-order valence-electron chi connectivity index (χ0n) is 17.5. The Bertz CT molecular complexity index is 731. The Kier molecular flexibility index (Phi) is 7.61. The smallest absolute Gasteiger partial charge is 0.326 e. The molecule has 1 aliphatic carbocycles. The first-order chi connectivity index (χ1) is 13.2. The van der Waals surface area contributed by atoms with Gasteiger partial charge >= 0.3 is 5.97 Å². The van der Waals surface area contributed by atoms with Gasteiger partial charge < -0.3 is 15.4 Å². The molecule has 2 N–H and O–H groups in total. The Balaban J connectivity index is 1.79. The molecular formula is C22H32N2O4. The average Bonchev–Trinajstić information content (AvgIpc) is 2.65. The summed E-state index contributed by atoms with van der Waals surface area (Å²) in [6.45, 7) is 9.51. The van der Waals surface area contributed by atoms with E-state index >= 15 is 0 Å². The molecule has 154 valence electrons. The summed E-state index contributed by atoms with van der Waals surface area (Å²) in [5.74, 6) is -0.303. The molecule has 0 spiro atoms. The number of aryl methyl sites for hydroxylation is 2. The fourth-order valence-corrected chi connectivity index (χ4v) is 3.52. The number of rotatable bonds is 6. The summed E-state index contributed by atoms with van der Waals surface area (Å²) < 4.78 is 5.18. The summed E-state index contributed by atoms with van der Waals surface area (Å²) in [7, 11) is 0. The van der Waals surface area contributed by atoms with Crippen molar-refractivity contribution in [2.75, 3.05) is 6.54 Å². The first kappa shape index (κ1) is 21.9. The van der Waals surface area contributed by atoms with Crippen molar-refractivity contribution in [3.05, 3.63) is 34.9 Å². The highest BCUT2D eigenvalue weighted by atomic mass is 16.5. The molecular weight excluding hydrogens is 356 g/mol. The maximum atomic E-state index is 12.4. The molecule has 4 atom stereocenters. The number of amides is 2. The van der Waals surface area contributed by atoms with Crippen LogP contribution in [0.25, 0.3) is 0 Å². The Labute approximate surface area is 167 Å². The van der Waals surface area contributed by atoms with Crippen molar-refractivity contribution in [2.24, 2.45) is 11.8 Å². The normalized spacial score (nSPS) is 22.8. The molecule has 0 bridgehead atoms. The van der Waals surface area contributed by atoms with Crippen molar-refractivity contribution in [3.8, 4) is 0 Å². The van der Waals surface area contributed by atoms with E-state index in [-0.39, 0.29) is 24.4 Å². The van der Waals surface area contributed by atoms with Crippen LogP contribution < -0.4 is 10.6 Å². The van der Waals surface area contributed by atoms with Crippen LogP contribution in [0.15, 0.2) is 18.2 Å². The highest BCUT2D eigenvalue weighted by Crippen LogP contribution is 2.29. The second-order valence-corrected chi connectivity index (χ2v) is 8.00. The van der Waals surface area contributed by atoms with Crippen LogP contribution in [0.2, 0.25) is 0 Å². The molecule has 0 aromatic heterocycles. The van der Waals surface area contributed by atoms with Gasteiger partial charge in [0, 0.05) is 11.6 Å². The SMILES string of the molecule is Cc1ccc(C(=O)NCC(=O)O[C@@H](C)C(=O)N[C@H]2CCC[C@H](C)[C@@H]2C)cc1C. The lowest BCUT2D eigenvalue weighted by atomic mass is 9.78. The minimum atomic E-state index is -0.893. The van der Waals surface area contributed by atoms with Gasteiger partial charge in [0.1, 0.15) is 6.54 Å². The van der Waals surface area contributed by atoms with Crippen molar-refractivity contribution < 1.29 is 19.1 Å². The van der Waals surface area contributed by atoms with E-state index in [0.29, 0.717) is 17.4 Å². The van der Waals surface area contributed by atoms with Gasteiger partial charge in [-0.25, -0.2) is 0 Å². The van der Waals surface area contributed by atoms with Gasteiger partial charge in [-0.1, -0.05) is 32.8 Å². The van der Waals surface area contributed by atoms with Crippen molar-refractivity contribution in [2.45, 2.75) is 66.0 Å². The zero-order chi connectivity index (χ0) is 20.8. The van der Waals surface area contributed by atoms with E-state index in [1.54, 1.807) is 19.1 Å². The monoisotopic (exact) mass is 388 g/mol. The quantitative estimate of drug-likeness (QED) is 0.734. The summed E-state index contributed by atoms with van der Waals surface area (Å²) in [4.78, 5) is 36.5. The third kappa shape index (κ3) is 5.81. The van der Waals surface area contributed by atoms with Crippen LogP contribution >= 0.6 is 0 Å². The zero-order valence-corrected chi connectivity index (χ0v) is 17.5. The highest BCUT2D eigenvalue weighted by molar-refractivity contribution is 5.96. The number of carbonyl (C=O) groups excluding carboxylic acids is 3. The van der Waals surface area contributed by atoms with Gasteiger partial charge in [0.15, 0.2) is 6.10 Å². The molecule has 1 aromatic carbocycles. The molecule has 1 saturated carbocycles. The molecule has 2 rings (SSSR count). The maximum absolute atomic E-state index is 12.4. The number of carbonyl (C=O) groups is 3. The lowest BCUT2D eigenvalue weighted by Crippen LogP contribution is -2.48. The molecule has 0 saturated heterocycles. The maximum Gasteiger partial charge on any atom is 0.326 e. The average molecular weight is 389 g/mol. The lowest BCUT2D eigenvalue weighted by molar-refractivity contribution is -0.154. The standard InChI is InChI=1S/C22H32N2O4/c1-13-9-10-18(11-15(13)3)22(27)23-12-20(25)28-17(5)21(26)24-19-8-6-7-14(2)16(19)4/h9-11,14,16-17,19H,6-8,12H2,1-5H3,(H,23,27)(H,24,26)/t14-,16-,17-,19-/m0/s1. The van der Waals surface area contributed by atoms with Crippen LogP contribution in [0.5, 0.6) is 0 Å². The van der Waals surface area contributed by atoms with Crippen LogP contribution in [0.3, 0.4) is 0 Å². The largest absolute Gasteiger partial charge is 0.451 e. The van der Waals surface area contributed by atoms with E-state index in [4.69, 9.17) is 4.74 Å². The third-order valence-corrected chi connectivity index (χ3v) is 5.87. The minimum absolute atomic E-state index is 0.113. The Morgan fingerprint density at radius 2 is 1.86 bits per heavy atom. The first-order valence-corrected chi connectivity index (χ1v) is 10.0. The van der Waals surface area contributed by atoms with Gasteiger partial charge in [0.05, 0.1) is 0 Å². The lowest BCUT2D eigenvalue weighted by Gasteiger charge is -2.35. The number of hydrogen-bond donors (Lipinski definition) is 2. The van der Waals surface area contributed by atoms with Gasteiger partial charge in [0.25, 0.3) is 11.8 Å². The Morgan fingerprint density at radius 3 is 2.54 bits per heavy atom. The molecule has 6 nitrogen and oxygen atoms in total. The number of ether oxygens (including phenoxy) is 1. The predicted molar refractivity (Wildman–Crippen MR) is 108 cm³/mol. The van der Waals surface area contributed by atoms with Gasteiger partial charge in [-0.3, -0.25) is 14.4 Å². The Morgan fingerprint density at radius 1 is 1.14 bits per heavy atom. The molecule has 0 unspecified atom stereocenters. The van der Waals surface area contributed by atoms with Crippen LogP contribution in [0, 0.1) is 25.7 Å². The first-order valence-electron chi connectivity index (χ1n) is 10.0. The van der Waals surface area contributed by atoms with Crippen LogP contribution in [0.1, 0.15) is 61.5 Å². The summed E-state index contributed by atoms with van der Waals surface area (Å²) in [5.41, 5.74) is 2.59. The minimum Gasteiger partial charge on any atom is -0.451 e. The summed E-state index contributed by atoms with van der Waals surface area (Å²) in [6, 6.07) is 5.47. The molecule has 0 aliphatic heterocycles. The molecule has 2 amide bonds. The van der Waals surface area contributed by atoms with Gasteiger partial charge in [-0.15, -0.1) is 0 Å². The van der Waals surface area contributed by atoms with Crippen molar-refractivity contribution in [3.63, 3.8) is 0 Å². The van der Waals surface area contributed by atoms with E-state index in [0.717, 1.165) is 24.0 Å². The van der Waals surface area contributed by atoms with Gasteiger partial charge in [-0.2, -0.15) is 0 Å². The van der Waals surface area contributed by atoms with Gasteiger partial charge in [0.2, 0.25) is 0 Å². The van der Waals surface area contributed by atoms with E-state index in [2.05, 4.69) is 24.5 Å². The molecule has 0 heterocycles. The van der Waals surface area contributed by atoms with Gasteiger partial charge in [-0.05, 0) is 62.3 Å². The number of hydrogen-bond acceptors (Lipinski definition) is 4.